The molecule has 2 saturated heterocycles. The van der Waals surface area contributed by atoms with Gasteiger partial charge in [0.1, 0.15) is 29.6 Å². The first-order chi connectivity index (χ1) is 17.3. The van der Waals surface area contributed by atoms with Crippen molar-refractivity contribution in [3.8, 4) is 11.8 Å². The molecule has 1 aromatic carbocycles. The van der Waals surface area contributed by atoms with Gasteiger partial charge in [0, 0.05) is 37.8 Å². The Bertz CT molecular complexity index is 1130. The highest BCUT2D eigenvalue weighted by Crippen LogP contribution is 2.28. The number of aromatic hydroxyl groups is 1. The van der Waals surface area contributed by atoms with Gasteiger partial charge in [-0.05, 0) is 51.6 Å². The number of likely N-dealkylation sites (tertiary alicyclic amines) is 1. The number of nitrogens with zero attached hydrogens (tertiary/aromatic N) is 5. The predicted molar refractivity (Wildman–Crippen MR) is 133 cm³/mol. The molecule has 0 saturated carbocycles. The highest BCUT2D eigenvalue weighted by Gasteiger charge is 2.29. The average molecular weight is 499 g/mol. The second kappa shape index (κ2) is 10.9. The monoisotopic (exact) mass is 498 g/mol. The van der Waals surface area contributed by atoms with E-state index < -0.39 is 17.5 Å². The molecule has 0 aliphatic carbocycles. The summed E-state index contributed by atoms with van der Waals surface area (Å²) in [5, 5.41) is 12.4. The van der Waals surface area contributed by atoms with Gasteiger partial charge in [-0.3, -0.25) is 9.59 Å². The Morgan fingerprint density at radius 1 is 1.31 bits per heavy atom. The van der Waals surface area contributed by atoms with E-state index in [1.807, 2.05) is 18.9 Å². The number of likely N-dealkylation sites (N-methyl/N-ethyl adjacent to an activating group) is 1. The van der Waals surface area contributed by atoms with Gasteiger partial charge in [0.15, 0.2) is 5.82 Å². The van der Waals surface area contributed by atoms with Crippen LogP contribution in [0.3, 0.4) is 0 Å². The zero-order valence-electron chi connectivity index (χ0n) is 20.5. The van der Waals surface area contributed by atoms with Crippen LogP contribution < -0.4 is 15.0 Å². The Morgan fingerprint density at radius 3 is 2.78 bits per heavy atom. The number of ether oxygens (including phenoxy) is 1. The predicted octanol–water partition coefficient (Wildman–Crippen LogP) is 2.27. The lowest BCUT2D eigenvalue weighted by Gasteiger charge is -2.40. The number of hydrogen-bond acceptors (Lipinski definition) is 8. The Morgan fingerprint density at radius 2 is 2.11 bits per heavy atom. The number of carbonyl (C=O) groups excluding carboxylic acids is 2. The van der Waals surface area contributed by atoms with Gasteiger partial charge in [-0.25, -0.2) is 4.39 Å². The second-order valence-electron chi connectivity index (χ2n) is 9.10. The molecule has 0 spiro atoms. The Balaban J connectivity index is 1.60. The number of rotatable bonds is 7. The van der Waals surface area contributed by atoms with Crippen LogP contribution in [-0.2, 0) is 4.79 Å². The summed E-state index contributed by atoms with van der Waals surface area (Å²) >= 11 is 0. The summed E-state index contributed by atoms with van der Waals surface area (Å²) < 4.78 is 20.1. The fraction of sp³-hybridized carbons (Fsp3) is 0.440. The van der Waals surface area contributed by atoms with E-state index in [4.69, 9.17) is 4.74 Å². The first-order valence-corrected chi connectivity index (χ1v) is 12.0. The molecule has 11 heteroatoms. The normalized spacial score (nSPS) is 20.3. The number of hydrogen-bond donors (Lipinski definition) is 2. The summed E-state index contributed by atoms with van der Waals surface area (Å²) in [6.07, 6.45) is 3.36. The fourth-order valence-electron chi connectivity index (χ4n) is 4.54. The van der Waals surface area contributed by atoms with Crippen molar-refractivity contribution in [1.82, 2.24) is 19.8 Å². The molecule has 0 bridgehead atoms. The van der Waals surface area contributed by atoms with Crippen LogP contribution in [0.1, 0.15) is 30.3 Å². The van der Waals surface area contributed by atoms with Crippen molar-refractivity contribution < 1.29 is 23.8 Å². The van der Waals surface area contributed by atoms with Gasteiger partial charge in [0.05, 0.1) is 0 Å². The average Bonchev–Trinajstić information content (AvgIpc) is 3.28. The van der Waals surface area contributed by atoms with E-state index in [-0.39, 0.29) is 35.4 Å². The third-order valence-electron chi connectivity index (χ3n) is 6.64. The molecule has 2 atom stereocenters. The van der Waals surface area contributed by atoms with Crippen molar-refractivity contribution in [2.75, 3.05) is 50.1 Å². The highest BCUT2D eigenvalue weighted by molar-refractivity contribution is 6.04. The lowest BCUT2D eigenvalue weighted by atomic mass is 10.1. The van der Waals surface area contributed by atoms with Crippen molar-refractivity contribution in [3.05, 3.63) is 48.4 Å². The van der Waals surface area contributed by atoms with Crippen molar-refractivity contribution in [1.29, 1.82) is 0 Å². The van der Waals surface area contributed by atoms with E-state index in [9.17, 15) is 19.1 Å². The Kier molecular flexibility index (Phi) is 7.68. The van der Waals surface area contributed by atoms with Gasteiger partial charge >= 0.3 is 6.01 Å². The first kappa shape index (κ1) is 25.4. The van der Waals surface area contributed by atoms with Crippen molar-refractivity contribution in [2.45, 2.75) is 31.8 Å². The third-order valence-corrected chi connectivity index (χ3v) is 6.64. The first-order valence-electron chi connectivity index (χ1n) is 12.0. The number of halogens is 1. The molecule has 0 radical (unpaired) electrons. The molecule has 2 fully saturated rings. The summed E-state index contributed by atoms with van der Waals surface area (Å²) in [4.78, 5) is 39.8. The zero-order chi connectivity index (χ0) is 25.8. The standard InChI is InChI=1S/C25H31FN6O4/c1-4-22(34)31-11-12-32(16(2)14-31)21-13-19(24(35)29-23-18(26)8-5-9-20(23)33)27-25(28-21)36-15-17-7-6-10-30(17)3/h4-5,8-9,13,16-17,33H,1,6-7,10-12,14-15H2,2-3H3,(H,29,35). The van der Waals surface area contributed by atoms with Crippen LogP contribution in [-0.4, -0.2) is 88.6 Å². The minimum absolute atomic E-state index is 0.0331. The van der Waals surface area contributed by atoms with Crippen molar-refractivity contribution in [2.24, 2.45) is 0 Å². The Labute approximate surface area is 209 Å². The van der Waals surface area contributed by atoms with Crippen LogP contribution >= 0.6 is 0 Å². The minimum Gasteiger partial charge on any atom is -0.506 e. The van der Waals surface area contributed by atoms with Crippen LogP contribution in [0.4, 0.5) is 15.9 Å². The van der Waals surface area contributed by atoms with E-state index in [0.717, 1.165) is 25.5 Å². The van der Waals surface area contributed by atoms with Crippen molar-refractivity contribution >= 4 is 23.3 Å². The summed E-state index contributed by atoms with van der Waals surface area (Å²) in [7, 11) is 2.03. The molecule has 2 amide bonds. The maximum Gasteiger partial charge on any atom is 0.319 e. The quantitative estimate of drug-likeness (QED) is 0.442. The third kappa shape index (κ3) is 5.56. The molecule has 3 heterocycles. The maximum atomic E-state index is 14.2. The van der Waals surface area contributed by atoms with Gasteiger partial charge in [-0.1, -0.05) is 12.6 Å². The molecule has 1 aromatic heterocycles. The number of amides is 2. The number of phenols is 1. The van der Waals surface area contributed by atoms with E-state index in [1.165, 1.54) is 24.3 Å². The fourth-order valence-corrected chi connectivity index (χ4v) is 4.54. The van der Waals surface area contributed by atoms with Gasteiger partial charge < -0.3 is 29.9 Å². The minimum atomic E-state index is -0.769. The molecule has 4 rings (SSSR count). The molecule has 2 aliphatic rings. The highest BCUT2D eigenvalue weighted by atomic mass is 19.1. The second-order valence-corrected chi connectivity index (χ2v) is 9.10. The Hall–Kier alpha value is -3.73. The summed E-state index contributed by atoms with van der Waals surface area (Å²) in [6, 6.07) is 5.42. The van der Waals surface area contributed by atoms with Crippen LogP contribution in [0.5, 0.6) is 11.8 Å². The lowest BCUT2D eigenvalue weighted by molar-refractivity contribution is -0.126. The van der Waals surface area contributed by atoms with Crippen LogP contribution in [0, 0.1) is 5.82 Å². The summed E-state index contributed by atoms with van der Waals surface area (Å²) in [5.74, 6) is -1.56. The summed E-state index contributed by atoms with van der Waals surface area (Å²) in [5.41, 5.74) is -0.364. The number of nitrogens with one attached hydrogen (secondary N) is 1. The van der Waals surface area contributed by atoms with Crippen LogP contribution in [0.15, 0.2) is 36.9 Å². The van der Waals surface area contributed by atoms with Gasteiger partial charge in [0.2, 0.25) is 5.91 Å². The van der Waals surface area contributed by atoms with E-state index in [2.05, 4.69) is 26.8 Å². The molecule has 2 N–H and O–H groups in total. The maximum absolute atomic E-state index is 14.2. The van der Waals surface area contributed by atoms with Crippen LogP contribution in [0.2, 0.25) is 0 Å². The largest absolute Gasteiger partial charge is 0.506 e. The number of aromatic nitrogens is 2. The smallest absolute Gasteiger partial charge is 0.319 e. The van der Waals surface area contributed by atoms with Gasteiger partial charge in [-0.15, -0.1) is 0 Å². The molecule has 36 heavy (non-hydrogen) atoms. The summed E-state index contributed by atoms with van der Waals surface area (Å²) in [6.45, 7) is 8.27. The van der Waals surface area contributed by atoms with E-state index in [1.54, 1.807) is 4.90 Å². The zero-order valence-corrected chi connectivity index (χ0v) is 20.5. The number of piperazine rings is 1. The molecule has 10 nitrogen and oxygen atoms in total. The molecular formula is C25H31FN6O4. The van der Waals surface area contributed by atoms with Crippen LogP contribution in [0.25, 0.3) is 0 Å². The number of phenolic OH excluding ortho intramolecular Hbond substituents is 1. The topological polar surface area (TPSA) is 111 Å². The SMILES string of the molecule is C=CC(=O)N1CCN(c2cc(C(=O)Nc3c(O)cccc3F)nc(OCC3CCCN3C)n2)C(C)C1. The van der Waals surface area contributed by atoms with E-state index in [0.29, 0.717) is 32.1 Å². The number of carbonyl (C=O) groups is 2. The number of benzene rings is 1. The lowest BCUT2D eigenvalue weighted by Crippen LogP contribution is -2.53. The number of para-hydroxylation sites is 1. The molecule has 192 valence electrons. The van der Waals surface area contributed by atoms with Crippen molar-refractivity contribution in [3.63, 3.8) is 0 Å². The van der Waals surface area contributed by atoms with Gasteiger partial charge in [0.25, 0.3) is 5.91 Å². The molecule has 2 aromatic rings. The molecule has 2 aliphatic heterocycles. The molecular weight excluding hydrogens is 467 g/mol. The molecule has 2 unspecified atom stereocenters. The van der Waals surface area contributed by atoms with E-state index >= 15 is 0 Å². The van der Waals surface area contributed by atoms with Gasteiger partial charge in [-0.2, -0.15) is 9.97 Å². The number of anilines is 2.